The summed E-state index contributed by atoms with van der Waals surface area (Å²) in [5.41, 5.74) is 2.89. The normalized spacial score (nSPS) is 15.6. The molecule has 1 aliphatic heterocycles. The summed E-state index contributed by atoms with van der Waals surface area (Å²) in [5.74, 6) is -0.120. The maximum Gasteiger partial charge on any atom is 0.281 e. The van der Waals surface area contributed by atoms with E-state index in [-0.39, 0.29) is 19.0 Å². The fraction of sp³-hybridized carbons (Fsp3) is 0.286. The molecule has 4 rings (SSSR count). The van der Waals surface area contributed by atoms with Crippen molar-refractivity contribution in [2.75, 3.05) is 40.3 Å². The minimum Gasteiger partial charge on any atom is -0.336 e. The summed E-state index contributed by atoms with van der Waals surface area (Å²) in [7, 11) is -0.457. The summed E-state index contributed by atoms with van der Waals surface area (Å²) in [4.78, 5) is 23.9. The van der Waals surface area contributed by atoms with Gasteiger partial charge in [-0.15, -0.1) is 0 Å². The number of nitrogens with zero attached hydrogens (tertiary/aromatic N) is 5. The van der Waals surface area contributed by atoms with Crippen molar-refractivity contribution in [3.63, 3.8) is 0 Å². The zero-order chi connectivity index (χ0) is 21.3. The molecule has 0 saturated carbocycles. The molecule has 0 atom stereocenters. The van der Waals surface area contributed by atoms with Crippen LogP contribution in [0.1, 0.15) is 10.4 Å². The largest absolute Gasteiger partial charge is 0.336 e. The molecule has 1 amide bonds. The first-order chi connectivity index (χ1) is 14.4. The molecule has 3 heterocycles. The first kappa shape index (κ1) is 20.4. The highest BCUT2D eigenvalue weighted by molar-refractivity contribution is 7.86. The van der Waals surface area contributed by atoms with Gasteiger partial charge in [-0.25, -0.2) is 4.98 Å². The fourth-order valence-corrected chi connectivity index (χ4v) is 4.63. The first-order valence-corrected chi connectivity index (χ1v) is 11.0. The van der Waals surface area contributed by atoms with Gasteiger partial charge in [-0.05, 0) is 24.3 Å². The Hall–Kier alpha value is -2.88. The summed E-state index contributed by atoms with van der Waals surface area (Å²) in [5, 5.41) is 0.781. The van der Waals surface area contributed by atoms with Crippen molar-refractivity contribution in [3.05, 3.63) is 60.4 Å². The summed E-state index contributed by atoms with van der Waals surface area (Å²) >= 11 is 0. The van der Waals surface area contributed by atoms with Gasteiger partial charge >= 0.3 is 0 Å². The fourth-order valence-electron chi connectivity index (χ4n) is 3.55. The van der Waals surface area contributed by atoms with Crippen molar-refractivity contribution in [2.24, 2.45) is 0 Å². The molecule has 0 radical (unpaired) electrons. The molecule has 156 valence electrons. The first-order valence-electron chi connectivity index (χ1n) is 9.65. The van der Waals surface area contributed by atoms with Crippen molar-refractivity contribution in [3.8, 4) is 11.3 Å². The predicted molar refractivity (Wildman–Crippen MR) is 115 cm³/mol. The molecule has 0 aliphatic carbocycles. The van der Waals surface area contributed by atoms with Crippen LogP contribution in [0.4, 0.5) is 0 Å². The van der Waals surface area contributed by atoms with Crippen LogP contribution in [0.25, 0.3) is 22.2 Å². The van der Waals surface area contributed by atoms with Crippen molar-refractivity contribution in [1.82, 2.24) is 23.5 Å². The number of carbonyl (C=O) groups is 1. The highest BCUT2D eigenvalue weighted by Crippen LogP contribution is 2.26. The van der Waals surface area contributed by atoms with Crippen LogP contribution in [0.5, 0.6) is 0 Å². The quantitative estimate of drug-likeness (QED) is 0.637. The number of benzene rings is 1. The molecule has 2 aromatic heterocycles. The third-order valence-corrected chi connectivity index (χ3v) is 7.18. The Morgan fingerprint density at radius 2 is 1.67 bits per heavy atom. The van der Waals surface area contributed by atoms with Crippen LogP contribution in [-0.2, 0) is 10.2 Å². The predicted octanol–water partition coefficient (Wildman–Crippen LogP) is 1.86. The number of pyridine rings is 2. The van der Waals surface area contributed by atoms with E-state index in [1.165, 1.54) is 22.7 Å². The molecule has 3 aromatic rings. The highest BCUT2D eigenvalue weighted by Gasteiger charge is 2.31. The van der Waals surface area contributed by atoms with E-state index < -0.39 is 10.2 Å². The van der Waals surface area contributed by atoms with Gasteiger partial charge < -0.3 is 4.90 Å². The van der Waals surface area contributed by atoms with Gasteiger partial charge in [0.1, 0.15) is 0 Å². The molecule has 30 heavy (non-hydrogen) atoms. The molecule has 1 aliphatic rings. The van der Waals surface area contributed by atoms with Crippen LogP contribution in [0.2, 0.25) is 0 Å². The minimum atomic E-state index is -3.48. The van der Waals surface area contributed by atoms with Gasteiger partial charge in [0.25, 0.3) is 16.1 Å². The van der Waals surface area contributed by atoms with Crippen LogP contribution in [0, 0.1) is 0 Å². The number of para-hydroxylation sites is 1. The second-order valence-electron chi connectivity index (χ2n) is 7.29. The summed E-state index contributed by atoms with van der Waals surface area (Å²) < 4.78 is 27.3. The van der Waals surface area contributed by atoms with Crippen LogP contribution in [0.15, 0.2) is 54.9 Å². The average Bonchev–Trinajstić information content (AvgIpc) is 2.78. The van der Waals surface area contributed by atoms with Gasteiger partial charge in [-0.2, -0.15) is 17.0 Å². The van der Waals surface area contributed by atoms with E-state index in [0.717, 1.165) is 16.5 Å². The SMILES string of the molecule is CN(C)S(=O)(=O)N1CCN(C(=O)c2cc(-c3ccncc3)nc3ccccc23)CC1. The third kappa shape index (κ3) is 3.79. The van der Waals surface area contributed by atoms with E-state index in [0.29, 0.717) is 24.3 Å². The standard InChI is InChI=1S/C21H23N5O3S/c1-24(2)30(28,29)26-13-11-25(12-14-26)21(27)18-15-20(16-7-9-22-10-8-16)23-19-6-4-3-5-17(18)19/h3-10,15H,11-14H2,1-2H3. The van der Waals surface area contributed by atoms with Crippen LogP contribution >= 0.6 is 0 Å². The number of rotatable bonds is 4. The number of fused-ring (bicyclic) bond motifs is 1. The number of aromatic nitrogens is 2. The van der Waals surface area contributed by atoms with Crippen molar-refractivity contribution in [1.29, 1.82) is 0 Å². The lowest BCUT2D eigenvalue weighted by atomic mass is 10.0. The summed E-state index contributed by atoms with van der Waals surface area (Å²) in [6.45, 7) is 1.22. The van der Waals surface area contributed by atoms with Crippen molar-refractivity contribution in [2.45, 2.75) is 0 Å². The van der Waals surface area contributed by atoms with Gasteiger partial charge in [0.2, 0.25) is 0 Å². The van der Waals surface area contributed by atoms with E-state index in [2.05, 4.69) is 4.98 Å². The number of carbonyl (C=O) groups excluding carboxylic acids is 1. The maximum absolute atomic E-state index is 13.4. The monoisotopic (exact) mass is 425 g/mol. The lowest BCUT2D eigenvalue weighted by Gasteiger charge is -2.35. The Morgan fingerprint density at radius 3 is 2.33 bits per heavy atom. The summed E-state index contributed by atoms with van der Waals surface area (Å²) in [6, 6.07) is 13.1. The second-order valence-corrected chi connectivity index (χ2v) is 9.43. The zero-order valence-electron chi connectivity index (χ0n) is 16.9. The van der Waals surface area contributed by atoms with Crippen molar-refractivity contribution < 1.29 is 13.2 Å². The van der Waals surface area contributed by atoms with Gasteiger partial charge in [0.05, 0.1) is 16.8 Å². The lowest BCUT2D eigenvalue weighted by molar-refractivity contribution is 0.0697. The zero-order valence-corrected chi connectivity index (χ0v) is 17.7. The number of hydrogen-bond acceptors (Lipinski definition) is 5. The van der Waals surface area contributed by atoms with Gasteiger partial charge in [-0.3, -0.25) is 9.78 Å². The van der Waals surface area contributed by atoms with Gasteiger partial charge in [0.15, 0.2) is 0 Å². The van der Waals surface area contributed by atoms with Crippen molar-refractivity contribution >= 4 is 27.0 Å². The minimum absolute atomic E-state index is 0.120. The molecule has 0 bridgehead atoms. The molecule has 8 nitrogen and oxygen atoms in total. The van der Waals surface area contributed by atoms with Gasteiger partial charge in [-0.1, -0.05) is 18.2 Å². The molecule has 9 heteroatoms. The van der Waals surface area contributed by atoms with Gasteiger partial charge in [0, 0.05) is 63.6 Å². The smallest absolute Gasteiger partial charge is 0.281 e. The average molecular weight is 426 g/mol. The topological polar surface area (TPSA) is 86.7 Å². The van der Waals surface area contributed by atoms with E-state index in [9.17, 15) is 13.2 Å². The maximum atomic E-state index is 13.4. The summed E-state index contributed by atoms with van der Waals surface area (Å²) in [6.07, 6.45) is 3.39. The second kappa shape index (κ2) is 8.10. The molecular weight excluding hydrogens is 402 g/mol. The molecule has 1 saturated heterocycles. The van der Waals surface area contributed by atoms with Crippen LogP contribution < -0.4 is 0 Å². The Morgan fingerprint density at radius 1 is 1.00 bits per heavy atom. The third-order valence-electron chi connectivity index (χ3n) is 5.24. The van der Waals surface area contributed by atoms with E-state index >= 15 is 0 Å². The number of amides is 1. The Labute approximate surface area is 175 Å². The lowest BCUT2D eigenvalue weighted by Crippen LogP contribution is -2.53. The molecule has 1 fully saturated rings. The Balaban J connectivity index is 1.65. The Bertz CT molecular complexity index is 1170. The number of hydrogen-bond donors (Lipinski definition) is 0. The van der Waals surface area contributed by atoms with Crippen LogP contribution in [0.3, 0.4) is 0 Å². The van der Waals surface area contributed by atoms with E-state index in [4.69, 9.17) is 4.98 Å². The number of piperazine rings is 1. The molecular formula is C21H23N5O3S. The van der Waals surface area contributed by atoms with E-state index in [1.807, 2.05) is 42.5 Å². The Kier molecular flexibility index (Phi) is 5.50. The molecule has 1 aromatic carbocycles. The molecule has 0 spiro atoms. The molecule has 0 unspecified atom stereocenters. The highest BCUT2D eigenvalue weighted by atomic mass is 32.2. The van der Waals surface area contributed by atoms with E-state index in [1.54, 1.807) is 17.3 Å². The molecule has 0 N–H and O–H groups in total. The van der Waals surface area contributed by atoms with Crippen LogP contribution in [-0.4, -0.2) is 78.1 Å².